The van der Waals surface area contributed by atoms with Gasteiger partial charge in [0.25, 0.3) is 5.91 Å². The summed E-state index contributed by atoms with van der Waals surface area (Å²) in [6, 6.07) is 7.45. The van der Waals surface area contributed by atoms with Crippen LogP contribution in [0.1, 0.15) is 22.2 Å². The Morgan fingerprint density at radius 1 is 1.44 bits per heavy atom. The molecule has 0 aliphatic carbocycles. The molecule has 0 aliphatic rings. The fourth-order valence-corrected chi connectivity index (χ4v) is 3.08. The lowest BCUT2D eigenvalue weighted by molar-refractivity contribution is 0.103. The number of nitrogen functional groups attached to an aromatic ring is 1. The molecule has 0 aliphatic heterocycles. The Hall–Kier alpha value is -1.33. The van der Waals surface area contributed by atoms with Crippen molar-refractivity contribution >= 4 is 44.5 Å². The van der Waals surface area contributed by atoms with Gasteiger partial charge in [0.1, 0.15) is 4.88 Å². The summed E-state index contributed by atoms with van der Waals surface area (Å²) in [6.45, 7) is 2.05. The van der Waals surface area contributed by atoms with Crippen LogP contribution in [0.5, 0.6) is 0 Å². The number of halogens is 1. The van der Waals surface area contributed by atoms with Crippen molar-refractivity contribution in [3.63, 3.8) is 0 Å². The zero-order valence-electron chi connectivity index (χ0n) is 9.87. The van der Waals surface area contributed by atoms with Gasteiger partial charge >= 0.3 is 0 Å². The topological polar surface area (TPSA) is 55.1 Å². The molecule has 0 radical (unpaired) electrons. The molecule has 0 fully saturated rings. The van der Waals surface area contributed by atoms with Crippen LogP contribution < -0.4 is 11.1 Å². The Balaban J connectivity index is 2.17. The molecule has 1 amide bonds. The second-order valence-corrected chi connectivity index (χ2v) is 5.59. The monoisotopic (exact) mass is 324 g/mol. The van der Waals surface area contributed by atoms with Crippen molar-refractivity contribution in [1.29, 1.82) is 0 Å². The van der Waals surface area contributed by atoms with E-state index in [2.05, 4.69) is 21.2 Å². The number of amides is 1. The van der Waals surface area contributed by atoms with E-state index in [1.165, 1.54) is 11.3 Å². The van der Waals surface area contributed by atoms with Crippen LogP contribution in [0.2, 0.25) is 0 Å². The maximum Gasteiger partial charge on any atom is 0.266 e. The van der Waals surface area contributed by atoms with Gasteiger partial charge in [-0.15, -0.1) is 11.3 Å². The molecule has 1 aromatic heterocycles. The molecule has 0 saturated heterocycles. The Morgan fingerprint density at radius 3 is 2.78 bits per heavy atom. The molecule has 18 heavy (non-hydrogen) atoms. The largest absolute Gasteiger partial charge is 0.398 e. The molecule has 1 aromatic carbocycles. The van der Waals surface area contributed by atoms with Gasteiger partial charge in [0.15, 0.2) is 0 Å². The number of hydrogen-bond donors (Lipinski definition) is 2. The second-order valence-electron chi connectivity index (χ2n) is 3.82. The summed E-state index contributed by atoms with van der Waals surface area (Å²) in [7, 11) is 0. The molecular formula is C13H13BrN2OS. The Labute approximate surface area is 118 Å². The van der Waals surface area contributed by atoms with Gasteiger partial charge in [-0.25, -0.2) is 0 Å². The third kappa shape index (κ3) is 2.73. The predicted octanol–water partition coefficient (Wildman–Crippen LogP) is 3.91. The van der Waals surface area contributed by atoms with E-state index in [-0.39, 0.29) is 5.91 Å². The van der Waals surface area contributed by atoms with Crippen molar-refractivity contribution in [3.05, 3.63) is 44.6 Å². The predicted molar refractivity (Wildman–Crippen MR) is 80.2 cm³/mol. The number of benzene rings is 1. The maximum atomic E-state index is 12.0. The molecule has 0 atom stereocenters. The van der Waals surface area contributed by atoms with E-state index in [0.29, 0.717) is 10.6 Å². The first-order chi connectivity index (χ1) is 8.61. The number of carbonyl (C=O) groups excluding carboxylic acids is 1. The molecule has 0 spiro atoms. The number of nitrogens with two attached hydrogens (primary N) is 1. The molecule has 1 heterocycles. The summed E-state index contributed by atoms with van der Waals surface area (Å²) in [5, 5.41) is 4.71. The number of aryl methyl sites for hydroxylation is 1. The summed E-state index contributed by atoms with van der Waals surface area (Å²) in [5.74, 6) is -0.125. The molecule has 2 rings (SSSR count). The van der Waals surface area contributed by atoms with E-state index in [0.717, 1.165) is 22.1 Å². The fourth-order valence-electron chi connectivity index (χ4n) is 1.64. The zero-order chi connectivity index (χ0) is 13.1. The highest BCUT2D eigenvalue weighted by Crippen LogP contribution is 2.25. The molecule has 3 nitrogen and oxygen atoms in total. The van der Waals surface area contributed by atoms with Crippen LogP contribution in [0.4, 0.5) is 11.4 Å². The molecule has 5 heteroatoms. The summed E-state index contributed by atoms with van der Waals surface area (Å²) in [5.41, 5.74) is 8.41. The first-order valence-electron chi connectivity index (χ1n) is 5.54. The Kier molecular flexibility index (Phi) is 4.04. The van der Waals surface area contributed by atoms with Gasteiger partial charge in [-0.2, -0.15) is 0 Å². The van der Waals surface area contributed by atoms with Gasteiger partial charge in [0, 0.05) is 15.8 Å². The van der Waals surface area contributed by atoms with Crippen LogP contribution >= 0.6 is 27.3 Å². The molecule has 0 unspecified atom stereocenters. The van der Waals surface area contributed by atoms with E-state index >= 15 is 0 Å². The van der Waals surface area contributed by atoms with E-state index in [1.807, 2.05) is 30.5 Å². The van der Waals surface area contributed by atoms with Crippen molar-refractivity contribution in [2.45, 2.75) is 13.3 Å². The number of thiophene rings is 1. The van der Waals surface area contributed by atoms with Gasteiger partial charge in [0.05, 0.1) is 0 Å². The van der Waals surface area contributed by atoms with Crippen LogP contribution in [-0.4, -0.2) is 5.91 Å². The van der Waals surface area contributed by atoms with Crippen LogP contribution in [0, 0.1) is 0 Å². The molecule has 0 saturated carbocycles. The van der Waals surface area contributed by atoms with Gasteiger partial charge in [-0.1, -0.05) is 13.0 Å². The molecule has 94 valence electrons. The fraction of sp³-hybridized carbons (Fsp3) is 0.154. The van der Waals surface area contributed by atoms with Crippen LogP contribution in [-0.2, 0) is 6.42 Å². The third-order valence-corrected chi connectivity index (χ3v) is 4.44. The van der Waals surface area contributed by atoms with Crippen molar-refractivity contribution in [2.75, 3.05) is 11.1 Å². The highest BCUT2D eigenvalue weighted by Gasteiger charge is 2.11. The highest BCUT2D eigenvalue weighted by molar-refractivity contribution is 9.10. The van der Waals surface area contributed by atoms with Crippen molar-refractivity contribution in [3.8, 4) is 0 Å². The molecular weight excluding hydrogens is 312 g/mol. The number of nitrogens with one attached hydrogen (secondary N) is 1. The van der Waals surface area contributed by atoms with Gasteiger partial charge in [0.2, 0.25) is 0 Å². The van der Waals surface area contributed by atoms with Gasteiger partial charge < -0.3 is 11.1 Å². The zero-order valence-corrected chi connectivity index (χ0v) is 12.3. The normalized spacial score (nSPS) is 10.3. The number of anilines is 2. The third-order valence-electron chi connectivity index (χ3n) is 2.61. The lowest BCUT2D eigenvalue weighted by atomic mass is 10.1. The van der Waals surface area contributed by atoms with E-state index in [9.17, 15) is 4.79 Å². The van der Waals surface area contributed by atoms with Crippen molar-refractivity contribution in [2.24, 2.45) is 0 Å². The first kappa shape index (κ1) is 13.1. The first-order valence-corrected chi connectivity index (χ1v) is 7.21. The van der Waals surface area contributed by atoms with Crippen molar-refractivity contribution < 1.29 is 4.79 Å². The minimum Gasteiger partial charge on any atom is -0.398 e. The van der Waals surface area contributed by atoms with Crippen LogP contribution in [0.15, 0.2) is 34.1 Å². The van der Waals surface area contributed by atoms with Crippen LogP contribution in [0.3, 0.4) is 0 Å². The Morgan fingerprint density at radius 2 is 2.22 bits per heavy atom. The maximum absolute atomic E-state index is 12.0. The van der Waals surface area contributed by atoms with E-state index < -0.39 is 0 Å². The minimum absolute atomic E-state index is 0.125. The van der Waals surface area contributed by atoms with E-state index in [4.69, 9.17) is 5.73 Å². The summed E-state index contributed by atoms with van der Waals surface area (Å²) in [6.07, 6.45) is 0.885. The average molecular weight is 325 g/mol. The van der Waals surface area contributed by atoms with E-state index in [1.54, 1.807) is 6.07 Å². The number of carbonyl (C=O) groups is 1. The average Bonchev–Trinajstić information content (AvgIpc) is 2.76. The van der Waals surface area contributed by atoms with Gasteiger partial charge in [-0.05, 0) is 51.5 Å². The molecule has 0 bridgehead atoms. The highest BCUT2D eigenvalue weighted by atomic mass is 79.9. The number of rotatable bonds is 3. The van der Waals surface area contributed by atoms with Crippen molar-refractivity contribution in [1.82, 2.24) is 0 Å². The lowest BCUT2D eigenvalue weighted by Gasteiger charge is -2.08. The molecule has 3 N–H and O–H groups in total. The lowest BCUT2D eigenvalue weighted by Crippen LogP contribution is -2.11. The quantitative estimate of drug-likeness (QED) is 0.841. The van der Waals surface area contributed by atoms with Gasteiger partial charge in [-0.3, -0.25) is 4.79 Å². The summed E-state index contributed by atoms with van der Waals surface area (Å²) in [4.78, 5) is 12.7. The Bertz CT molecular complexity index is 580. The second kappa shape index (κ2) is 5.54. The summed E-state index contributed by atoms with van der Waals surface area (Å²) < 4.78 is 0.808. The number of hydrogen-bond acceptors (Lipinski definition) is 3. The molecule has 2 aromatic rings. The SMILES string of the molecule is CCc1ccc(NC(=O)c2sccc2Br)cc1N. The van der Waals surface area contributed by atoms with Crippen LogP contribution in [0.25, 0.3) is 0 Å². The summed E-state index contributed by atoms with van der Waals surface area (Å²) >= 11 is 4.74. The smallest absolute Gasteiger partial charge is 0.266 e. The standard InChI is InChI=1S/C13H13BrN2OS/c1-2-8-3-4-9(7-11(8)15)16-13(17)12-10(14)5-6-18-12/h3-7H,2,15H2,1H3,(H,16,17). The minimum atomic E-state index is -0.125.